The fourth-order valence-corrected chi connectivity index (χ4v) is 3.49. The third-order valence-electron chi connectivity index (χ3n) is 2.89. The van der Waals surface area contributed by atoms with Crippen LogP contribution >= 0.6 is 11.6 Å². The molecule has 20 heavy (non-hydrogen) atoms. The number of sulfonamides is 1. The van der Waals surface area contributed by atoms with Crippen LogP contribution in [0.5, 0.6) is 0 Å². The van der Waals surface area contributed by atoms with Gasteiger partial charge in [-0.3, -0.25) is 0 Å². The summed E-state index contributed by atoms with van der Waals surface area (Å²) in [6.07, 6.45) is 4.09. The number of halogens is 2. The maximum Gasteiger partial charge on any atom is 0.337 e. The number of carboxylic acid groups (broad SMARTS) is 1. The van der Waals surface area contributed by atoms with Crippen molar-refractivity contribution in [2.75, 3.05) is 13.1 Å². The van der Waals surface area contributed by atoms with Crippen LogP contribution in [0.15, 0.2) is 29.2 Å². The largest absolute Gasteiger partial charge is 0.478 e. The van der Waals surface area contributed by atoms with E-state index in [9.17, 15) is 17.6 Å². The van der Waals surface area contributed by atoms with E-state index in [1.165, 1.54) is 0 Å². The summed E-state index contributed by atoms with van der Waals surface area (Å²) in [7, 11) is -3.94. The molecular weight excluding hydrogens is 309 g/mol. The third kappa shape index (κ3) is 2.70. The molecule has 1 aromatic rings. The summed E-state index contributed by atoms with van der Waals surface area (Å²) >= 11 is 5.52. The van der Waals surface area contributed by atoms with Crippen LogP contribution < -0.4 is 0 Å². The van der Waals surface area contributed by atoms with Crippen molar-refractivity contribution in [3.05, 3.63) is 40.7 Å². The monoisotopic (exact) mass is 319 g/mol. The predicted octanol–water partition coefficient (Wildman–Crippen LogP) is 2.13. The minimum absolute atomic E-state index is 0.176. The highest BCUT2D eigenvalue weighted by atomic mass is 35.5. The van der Waals surface area contributed by atoms with E-state index < -0.39 is 37.3 Å². The van der Waals surface area contributed by atoms with Gasteiger partial charge in [0.15, 0.2) is 0 Å². The Morgan fingerprint density at radius 3 is 2.60 bits per heavy atom. The molecule has 1 heterocycles. The zero-order chi connectivity index (χ0) is 14.9. The zero-order valence-electron chi connectivity index (χ0n) is 10.2. The highest BCUT2D eigenvalue weighted by Gasteiger charge is 2.27. The average Bonchev–Trinajstić information content (AvgIpc) is 2.42. The molecule has 5 nitrogen and oxygen atoms in total. The van der Waals surface area contributed by atoms with Crippen molar-refractivity contribution in [1.29, 1.82) is 0 Å². The van der Waals surface area contributed by atoms with Gasteiger partial charge >= 0.3 is 5.97 Å². The van der Waals surface area contributed by atoms with Crippen molar-refractivity contribution in [2.45, 2.75) is 11.3 Å². The fourth-order valence-electron chi connectivity index (χ4n) is 1.86. The first kappa shape index (κ1) is 15.0. The maximum absolute atomic E-state index is 13.6. The Balaban J connectivity index is 2.52. The lowest BCUT2D eigenvalue weighted by atomic mass is 10.2. The predicted molar refractivity (Wildman–Crippen MR) is 70.9 cm³/mol. The smallest absolute Gasteiger partial charge is 0.337 e. The molecule has 108 valence electrons. The SMILES string of the molecule is O=C(O)c1cc(S(=O)(=O)N2CC=CCC2)cc(F)c1Cl. The molecule has 0 aliphatic carbocycles. The van der Waals surface area contributed by atoms with Gasteiger partial charge in [-0.1, -0.05) is 23.8 Å². The van der Waals surface area contributed by atoms with Crippen molar-refractivity contribution in [1.82, 2.24) is 4.31 Å². The summed E-state index contributed by atoms with van der Waals surface area (Å²) in [5, 5.41) is 8.32. The van der Waals surface area contributed by atoms with Gasteiger partial charge in [0.1, 0.15) is 5.82 Å². The normalized spacial score (nSPS) is 16.3. The summed E-state index contributed by atoms with van der Waals surface area (Å²) in [6.45, 7) is 0.445. The van der Waals surface area contributed by atoms with Crippen LogP contribution in [0.1, 0.15) is 16.8 Å². The number of nitrogens with zero attached hydrogens (tertiary/aromatic N) is 1. The lowest BCUT2D eigenvalue weighted by Crippen LogP contribution is -2.34. The Morgan fingerprint density at radius 1 is 1.35 bits per heavy atom. The number of rotatable bonds is 3. The van der Waals surface area contributed by atoms with Gasteiger partial charge < -0.3 is 5.11 Å². The minimum Gasteiger partial charge on any atom is -0.478 e. The summed E-state index contributed by atoms with van der Waals surface area (Å²) in [5.41, 5.74) is -0.571. The first-order chi connectivity index (χ1) is 9.34. The van der Waals surface area contributed by atoms with Gasteiger partial charge in [0.25, 0.3) is 0 Å². The molecule has 0 saturated carbocycles. The number of hydrogen-bond acceptors (Lipinski definition) is 3. The lowest BCUT2D eigenvalue weighted by Gasteiger charge is -2.23. The zero-order valence-corrected chi connectivity index (χ0v) is 11.8. The second-order valence-corrected chi connectivity index (χ2v) is 6.51. The molecule has 1 aliphatic rings. The van der Waals surface area contributed by atoms with E-state index in [1.54, 1.807) is 6.08 Å². The van der Waals surface area contributed by atoms with Crippen molar-refractivity contribution in [2.24, 2.45) is 0 Å². The first-order valence-electron chi connectivity index (χ1n) is 5.71. The summed E-state index contributed by atoms with van der Waals surface area (Å²) in [6, 6.07) is 1.61. The van der Waals surface area contributed by atoms with E-state index in [0.717, 1.165) is 16.4 Å². The van der Waals surface area contributed by atoms with E-state index in [1.807, 2.05) is 6.08 Å². The van der Waals surface area contributed by atoms with Gasteiger partial charge in [-0.25, -0.2) is 17.6 Å². The van der Waals surface area contributed by atoms with Crippen molar-refractivity contribution < 1.29 is 22.7 Å². The van der Waals surface area contributed by atoms with Crippen LogP contribution in [0.4, 0.5) is 4.39 Å². The van der Waals surface area contributed by atoms with Gasteiger partial charge in [-0.2, -0.15) is 4.31 Å². The van der Waals surface area contributed by atoms with Crippen LogP contribution in [0.3, 0.4) is 0 Å². The summed E-state index contributed by atoms with van der Waals surface area (Å²) < 4.78 is 39.4. The van der Waals surface area contributed by atoms with Crippen molar-refractivity contribution in [3.8, 4) is 0 Å². The van der Waals surface area contributed by atoms with Crippen LogP contribution in [0, 0.1) is 5.82 Å². The molecule has 0 amide bonds. The third-order valence-corrected chi connectivity index (χ3v) is 5.12. The quantitative estimate of drug-likeness (QED) is 0.866. The van der Waals surface area contributed by atoms with Gasteiger partial charge in [0.2, 0.25) is 10.0 Å². The molecule has 1 aromatic carbocycles. The Labute approximate surface area is 120 Å². The van der Waals surface area contributed by atoms with E-state index in [2.05, 4.69) is 0 Å². The molecule has 0 atom stereocenters. The van der Waals surface area contributed by atoms with E-state index >= 15 is 0 Å². The molecule has 0 bridgehead atoms. The van der Waals surface area contributed by atoms with Crippen LogP contribution in [-0.2, 0) is 10.0 Å². The molecule has 2 rings (SSSR count). The first-order valence-corrected chi connectivity index (χ1v) is 7.53. The molecule has 8 heteroatoms. The molecular formula is C12H11ClFNO4S. The molecule has 0 unspecified atom stereocenters. The second-order valence-electron chi connectivity index (χ2n) is 4.19. The molecule has 0 radical (unpaired) electrons. The number of carbonyl (C=O) groups is 1. The van der Waals surface area contributed by atoms with Crippen LogP contribution in [0.25, 0.3) is 0 Å². The van der Waals surface area contributed by atoms with Crippen molar-refractivity contribution >= 4 is 27.6 Å². The standard InChI is InChI=1S/C12H11ClFNO4S/c13-11-9(12(16)17)6-8(7-10(11)14)20(18,19)15-4-2-1-3-5-15/h1-2,6-7H,3-5H2,(H,16,17). The van der Waals surface area contributed by atoms with E-state index in [0.29, 0.717) is 6.42 Å². The minimum atomic E-state index is -3.94. The van der Waals surface area contributed by atoms with E-state index in [4.69, 9.17) is 16.7 Å². The molecule has 1 aliphatic heterocycles. The lowest BCUT2D eigenvalue weighted by molar-refractivity contribution is 0.0696. The summed E-state index contributed by atoms with van der Waals surface area (Å²) in [5.74, 6) is -2.55. The Bertz CT molecular complexity index is 687. The molecule has 0 aromatic heterocycles. The molecule has 0 spiro atoms. The topological polar surface area (TPSA) is 74.7 Å². The molecule has 0 saturated heterocycles. The van der Waals surface area contributed by atoms with Gasteiger partial charge in [-0.05, 0) is 18.6 Å². The highest BCUT2D eigenvalue weighted by molar-refractivity contribution is 7.89. The fraction of sp³-hybridized carbons (Fsp3) is 0.250. The van der Waals surface area contributed by atoms with Gasteiger partial charge in [0, 0.05) is 13.1 Å². The Kier molecular flexibility index (Phi) is 4.12. The van der Waals surface area contributed by atoms with Gasteiger partial charge in [-0.15, -0.1) is 0 Å². The van der Waals surface area contributed by atoms with Gasteiger partial charge in [0.05, 0.1) is 15.5 Å². The Morgan fingerprint density at radius 2 is 2.05 bits per heavy atom. The van der Waals surface area contributed by atoms with Crippen molar-refractivity contribution in [3.63, 3.8) is 0 Å². The number of hydrogen-bond donors (Lipinski definition) is 1. The molecule has 0 fully saturated rings. The Hall–Kier alpha value is -1.44. The summed E-state index contributed by atoms with van der Waals surface area (Å²) in [4.78, 5) is 10.5. The van der Waals surface area contributed by atoms with Crippen LogP contribution in [0.2, 0.25) is 5.02 Å². The average molecular weight is 320 g/mol. The van der Waals surface area contributed by atoms with Crippen LogP contribution in [-0.4, -0.2) is 36.9 Å². The number of aromatic carboxylic acids is 1. The second kappa shape index (κ2) is 5.51. The number of carboxylic acids is 1. The van der Waals surface area contributed by atoms with E-state index in [-0.39, 0.29) is 13.1 Å². The highest BCUT2D eigenvalue weighted by Crippen LogP contribution is 2.27. The maximum atomic E-state index is 13.6. The molecule has 1 N–H and O–H groups in total. The number of benzene rings is 1.